The number of Topliss-reactive ketones (excluding diaryl/α,β-unsaturated/α-hetero) is 1. The summed E-state index contributed by atoms with van der Waals surface area (Å²) in [4.78, 5) is 12.3. The van der Waals surface area contributed by atoms with Gasteiger partial charge < -0.3 is 0 Å². The lowest BCUT2D eigenvalue weighted by Crippen LogP contribution is -2.10. The van der Waals surface area contributed by atoms with Crippen molar-refractivity contribution in [2.24, 2.45) is 0 Å². The Kier molecular flexibility index (Phi) is 5.50. The summed E-state index contributed by atoms with van der Waals surface area (Å²) in [6.45, 7) is 4.25. The van der Waals surface area contributed by atoms with E-state index in [9.17, 15) is 9.18 Å². The number of halogens is 2. The Morgan fingerprint density at radius 2 is 2.05 bits per heavy atom. The molecule has 0 saturated heterocycles. The number of carbonyl (C=O) groups is 1. The van der Waals surface area contributed by atoms with Gasteiger partial charge in [-0.3, -0.25) is 9.48 Å². The van der Waals surface area contributed by atoms with Gasteiger partial charge >= 0.3 is 0 Å². The van der Waals surface area contributed by atoms with Gasteiger partial charge in [0.25, 0.3) is 0 Å². The molecule has 0 saturated carbocycles. The number of hydrogen-bond acceptors (Lipinski definition) is 2. The number of nitrogens with zero attached hydrogens (tertiary/aromatic N) is 2. The Morgan fingerprint density at radius 3 is 2.67 bits per heavy atom. The number of carbonyl (C=O) groups excluding carboxylic acids is 1. The van der Waals surface area contributed by atoms with Crippen LogP contribution < -0.4 is 0 Å². The molecule has 1 aromatic carbocycles. The molecule has 2 rings (SSSR count). The third-order valence-electron chi connectivity index (χ3n) is 3.55. The fraction of sp³-hybridized carbons (Fsp3) is 0.375. The molecule has 112 valence electrons. The zero-order valence-electron chi connectivity index (χ0n) is 12.1. The van der Waals surface area contributed by atoms with Crippen molar-refractivity contribution in [3.05, 3.63) is 51.1 Å². The van der Waals surface area contributed by atoms with Crippen molar-refractivity contribution in [1.29, 1.82) is 0 Å². The molecule has 0 aliphatic heterocycles. The van der Waals surface area contributed by atoms with Gasteiger partial charge in [-0.25, -0.2) is 4.39 Å². The highest BCUT2D eigenvalue weighted by Gasteiger charge is 2.14. The van der Waals surface area contributed by atoms with Crippen LogP contribution in [0.3, 0.4) is 0 Å². The monoisotopic (exact) mass is 400 g/mol. The Balaban J connectivity index is 2.13. The lowest BCUT2D eigenvalue weighted by Gasteiger charge is -2.12. The van der Waals surface area contributed by atoms with E-state index in [1.165, 1.54) is 18.2 Å². The predicted molar refractivity (Wildman–Crippen MR) is 89.0 cm³/mol. The van der Waals surface area contributed by atoms with Gasteiger partial charge in [0.05, 0.1) is 18.2 Å². The Morgan fingerprint density at radius 1 is 1.33 bits per heavy atom. The van der Waals surface area contributed by atoms with Gasteiger partial charge in [-0.1, -0.05) is 13.8 Å². The Hall–Kier alpha value is -1.24. The standard InChI is InChI=1S/C16H18FIN2O/c1-3-13(4-2)20-8-7-12(19-20)10-16(21)14-6-5-11(17)9-15(14)18/h5-9,13H,3-4,10H2,1-2H3. The molecule has 5 heteroatoms. The fourth-order valence-corrected chi connectivity index (χ4v) is 3.09. The summed E-state index contributed by atoms with van der Waals surface area (Å²) in [7, 11) is 0. The highest BCUT2D eigenvalue weighted by Crippen LogP contribution is 2.18. The molecule has 2 aromatic rings. The van der Waals surface area contributed by atoms with E-state index in [4.69, 9.17) is 0 Å². The molecule has 1 aromatic heterocycles. The van der Waals surface area contributed by atoms with Gasteiger partial charge in [0.2, 0.25) is 0 Å². The number of aromatic nitrogens is 2. The van der Waals surface area contributed by atoms with E-state index >= 15 is 0 Å². The van der Waals surface area contributed by atoms with Crippen LogP contribution in [0.2, 0.25) is 0 Å². The molecule has 0 radical (unpaired) electrons. The van der Waals surface area contributed by atoms with Crippen molar-refractivity contribution in [3.63, 3.8) is 0 Å². The second kappa shape index (κ2) is 7.15. The molecule has 3 nitrogen and oxygen atoms in total. The normalized spacial score (nSPS) is 11.1. The summed E-state index contributed by atoms with van der Waals surface area (Å²) in [5.74, 6) is -0.358. The molecule has 0 atom stereocenters. The van der Waals surface area contributed by atoms with E-state index in [1.807, 2.05) is 39.5 Å². The van der Waals surface area contributed by atoms with Crippen LogP contribution in [-0.4, -0.2) is 15.6 Å². The predicted octanol–water partition coefficient (Wildman–Crippen LogP) is 4.41. The quantitative estimate of drug-likeness (QED) is 0.532. The maximum Gasteiger partial charge on any atom is 0.169 e. The minimum absolute atomic E-state index is 0.0332. The Bertz CT molecular complexity index is 635. The van der Waals surface area contributed by atoms with E-state index in [1.54, 1.807) is 0 Å². The van der Waals surface area contributed by atoms with Crippen LogP contribution in [-0.2, 0) is 6.42 Å². The molecule has 0 spiro atoms. The molecule has 0 aliphatic carbocycles. The highest BCUT2D eigenvalue weighted by atomic mass is 127. The van der Waals surface area contributed by atoms with Crippen molar-refractivity contribution in [3.8, 4) is 0 Å². The first kappa shape index (κ1) is 16.1. The summed E-state index contributed by atoms with van der Waals surface area (Å²) >= 11 is 1.99. The summed E-state index contributed by atoms with van der Waals surface area (Å²) in [6.07, 6.45) is 4.20. The third-order valence-corrected chi connectivity index (χ3v) is 4.45. The summed E-state index contributed by atoms with van der Waals surface area (Å²) < 4.78 is 15.6. The van der Waals surface area contributed by atoms with E-state index in [2.05, 4.69) is 18.9 Å². The van der Waals surface area contributed by atoms with Gasteiger partial charge in [0.15, 0.2) is 5.78 Å². The lowest BCUT2D eigenvalue weighted by molar-refractivity contribution is 0.0990. The van der Waals surface area contributed by atoms with Gasteiger partial charge in [-0.05, 0) is 59.7 Å². The number of rotatable bonds is 6. The molecule has 21 heavy (non-hydrogen) atoms. The second-order valence-electron chi connectivity index (χ2n) is 4.98. The summed E-state index contributed by atoms with van der Waals surface area (Å²) in [5.41, 5.74) is 1.31. The fourth-order valence-electron chi connectivity index (χ4n) is 2.31. The maximum atomic E-state index is 13.1. The minimum Gasteiger partial charge on any atom is -0.294 e. The molecule has 0 aliphatic rings. The van der Waals surface area contributed by atoms with E-state index in [-0.39, 0.29) is 18.0 Å². The molecule has 0 amide bonds. The molecule has 0 fully saturated rings. The molecule has 0 bridgehead atoms. The number of hydrogen-bond donors (Lipinski definition) is 0. The maximum absolute atomic E-state index is 13.1. The molecule has 1 heterocycles. The number of ketones is 1. The molecule has 0 unspecified atom stereocenters. The van der Waals surface area contributed by atoms with E-state index < -0.39 is 0 Å². The smallest absolute Gasteiger partial charge is 0.169 e. The first-order valence-corrected chi connectivity index (χ1v) is 8.15. The van der Waals surface area contributed by atoms with Gasteiger partial charge in [-0.15, -0.1) is 0 Å². The van der Waals surface area contributed by atoms with Crippen LogP contribution in [0.5, 0.6) is 0 Å². The van der Waals surface area contributed by atoms with Crippen LogP contribution in [0.25, 0.3) is 0 Å². The van der Waals surface area contributed by atoms with E-state index in [0.717, 1.165) is 18.5 Å². The highest BCUT2D eigenvalue weighted by molar-refractivity contribution is 14.1. The molecular formula is C16H18FIN2O. The minimum atomic E-state index is -0.325. The topological polar surface area (TPSA) is 34.9 Å². The van der Waals surface area contributed by atoms with Crippen molar-refractivity contribution < 1.29 is 9.18 Å². The Labute approximate surface area is 137 Å². The average Bonchev–Trinajstić information content (AvgIpc) is 2.88. The van der Waals surface area contributed by atoms with Crippen molar-refractivity contribution in [1.82, 2.24) is 9.78 Å². The van der Waals surface area contributed by atoms with Gasteiger partial charge in [0, 0.05) is 15.3 Å². The SMILES string of the molecule is CCC(CC)n1ccc(CC(=O)c2ccc(F)cc2I)n1. The van der Waals surface area contributed by atoms with Crippen molar-refractivity contribution >= 4 is 28.4 Å². The largest absolute Gasteiger partial charge is 0.294 e. The first-order chi connectivity index (χ1) is 10.0. The van der Waals surface area contributed by atoms with Crippen LogP contribution in [0.1, 0.15) is 48.8 Å². The first-order valence-electron chi connectivity index (χ1n) is 7.07. The van der Waals surface area contributed by atoms with Crippen LogP contribution in [0.4, 0.5) is 4.39 Å². The lowest BCUT2D eigenvalue weighted by atomic mass is 10.1. The third kappa shape index (κ3) is 3.90. The van der Waals surface area contributed by atoms with E-state index in [0.29, 0.717) is 15.2 Å². The average molecular weight is 400 g/mol. The van der Waals surface area contributed by atoms with Gasteiger partial charge in [0.1, 0.15) is 5.82 Å². The zero-order chi connectivity index (χ0) is 15.4. The van der Waals surface area contributed by atoms with Crippen molar-refractivity contribution in [2.45, 2.75) is 39.2 Å². The molecular weight excluding hydrogens is 382 g/mol. The van der Waals surface area contributed by atoms with Gasteiger partial charge in [-0.2, -0.15) is 5.10 Å². The van der Waals surface area contributed by atoms with Crippen LogP contribution in [0, 0.1) is 9.39 Å². The zero-order valence-corrected chi connectivity index (χ0v) is 14.3. The second-order valence-corrected chi connectivity index (χ2v) is 6.14. The summed E-state index contributed by atoms with van der Waals surface area (Å²) in [5, 5.41) is 4.48. The van der Waals surface area contributed by atoms with Crippen molar-refractivity contribution in [2.75, 3.05) is 0 Å². The van der Waals surface area contributed by atoms with Crippen LogP contribution in [0.15, 0.2) is 30.5 Å². The van der Waals surface area contributed by atoms with Crippen LogP contribution >= 0.6 is 22.6 Å². The summed E-state index contributed by atoms with van der Waals surface area (Å²) in [6, 6.07) is 6.48. The number of benzene rings is 1. The molecule has 0 N–H and O–H groups in total.